The molecule has 0 aromatic heterocycles. The first kappa shape index (κ1) is 6.63. The van der Waals surface area contributed by atoms with Gasteiger partial charge in [-0.3, -0.25) is 4.99 Å². The van der Waals surface area contributed by atoms with E-state index in [1.54, 1.807) is 7.05 Å². The minimum atomic E-state index is 0.899. The van der Waals surface area contributed by atoms with Crippen LogP contribution in [0.3, 0.4) is 0 Å². The topological polar surface area (TPSA) is 24.4 Å². The van der Waals surface area contributed by atoms with Gasteiger partial charge in [-0.2, -0.15) is 0 Å². The first-order valence-corrected chi connectivity index (χ1v) is 2.38. The van der Waals surface area contributed by atoms with Crippen LogP contribution < -0.4 is 5.32 Å². The summed E-state index contributed by atoms with van der Waals surface area (Å²) in [5, 5.41) is 2.99. The SMILES string of the molecule is C/N=C(/C)CNC. The van der Waals surface area contributed by atoms with Crippen LogP contribution in [0, 0.1) is 0 Å². The maximum Gasteiger partial charge on any atom is 0.0329 e. The Morgan fingerprint density at radius 2 is 2.29 bits per heavy atom. The van der Waals surface area contributed by atoms with Crippen LogP contribution in [0.15, 0.2) is 4.99 Å². The molecule has 2 nitrogen and oxygen atoms in total. The van der Waals surface area contributed by atoms with Crippen LogP contribution in [-0.2, 0) is 0 Å². The fourth-order valence-corrected chi connectivity index (χ4v) is 0.335. The van der Waals surface area contributed by atoms with E-state index in [0.717, 1.165) is 12.3 Å². The van der Waals surface area contributed by atoms with Crippen LogP contribution in [-0.4, -0.2) is 26.4 Å². The lowest BCUT2D eigenvalue weighted by Crippen LogP contribution is -2.15. The van der Waals surface area contributed by atoms with Gasteiger partial charge < -0.3 is 5.32 Å². The Morgan fingerprint density at radius 1 is 1.71 bits per heavy atom. The van der Waals surface area contributed by atoms with E-state index in [-0.39, 0.29) is 0 Å². The smallest absolute Gasteiger partial charge is 0.0329 e. The van der Waals surface area contributed by atoms with Crippen LogP contribution >= 0.6 is 0 Å². The lowest BCUT2D eigenvalue weighted by molar-refractivity contribution is 0.941. The van der Waals surface area contributed by atoms with E-state index in [2.05, 4.69) is 10.3 Å². The van der Waals surface area contributed by atoms with Gasteiger partial charge in [0.15, 0.2) is 0 Å². The van der Waals surface area contributed by atoms with E-state index >= 15 is 0 Å². The Balaban J connectivity index is 3.17. The Kier molecular flexibility index (Phi) is 3.61. The molecule has 0 atom stereocenters. The predicted molar refractivity (Wildman–Crippen MR) is 33.0 cm³/mol. The third-order valence-electron chi connectivity index (χ3n) is 0.814. The average molecular weight is 100 g/mol. The zero-order valence-electron chi connectivity index (χ0n) is 5.15. The van der Waals surface area contributed by atoms with Crippen LogP contribution in [0.2, 0.25) is 0 Å². The molecule has 2 heteroatoms. The van der Waals surface area contributed by atoms with Crippen molar-refractivity contribution in [2.24, 2.45) is 4.99 Å². The molecule has 7 heavy (non-hydrogen) atoms. The summed E-state index contributed by atoms with van der Waals surface area (Å²) in [6.07, 6.45) is 0. The first-order valence-electron chi connectivity index (χ1n) is 2.38. The molecular formula is C5H12N2. The summed E-state index contributed by atoms with van der Waals surface area (Å²) in [5.74, 6) is 0. The van der Waals surface area contributed by atoms with Crippen molar-refractivity contribution in [3.8, 4) is 0 Å². The quantitative estimate of drug-likeness (QED) is 0.496. The fourth-order valence-electron chi connectivity index (χ4n) is 0.335. The molecule has 0 bridgehead atoms. The largest absolute Gasteiger partial charge is 0.315 e. The molecule has 0 heterocycles. The highest BCUT2D eigenvalue weighted by Crippen LogP contribution is 1.67. The van der Waals surface area contributed by atoms with Crippen LogP contribution in [0.5, 0.6) is 0 Å². The summed E-state index contributed by atoms with van der Waals surface area (Å²) >= 11 is 0. The number of hydrogen-bond donors (Lipinski definition) is 1. The normalized spacial score (nSPS) is 12.1. The average Bonchev–Trinajstić information content (AvgIpc) is 1.68. The molecule has 0 saturated heterocycles. The molecule has 0 aliphatic heterocycles. The molecule has 0 rings (SSSR count). The third-order valence-corrected chi connectivity index (χ3v) is 0.814. The van der Waals surface area contributed by atoms with Crippen molar-refractivity contribution in [2.75, 3.05) is 20.6 Å². The van der Waals surface area contributed by atoms with E-state index in [1.807, 2.05) is 14.0 Å². The first-order chi connectivity index (χ1) is 3.31. The van der Waals surface area contributed by atoms with Crippen LogP contribution in [0.4, 0.5) is 0 Å². The summed E-state index contributed by atoms with van der Waals surface area (Å²) in [6.45, 7) is 2.90. The Labute approximate surface area is 44.6 Å². The fraction of sp³-hybridized carbons (Fsp3) is 0.800. The molecule has 0 unspecified atom stereocenters. The van der Waals surface area contributed by atoms with Crippen molar-refractivity contribution < 1.29 is 0 Å². The lowest BCUT2D eigenvalue weighted by Gasteiger charge is -1.92. The predicted octanol–water partition coefficient (Wildman–Crippen LogP) is 0.297. The molecule has 0 aromatic rings. The molecular weight excluding hydrogens is 88.1 g/mol. The molecule has 0 spiro atoms. The Hall–Kier alpha value is -0.370. The van der Waals surface area contributed by atoms with Gasteiger partial charge in [-0.25, -0.2) is 0 Å². The van der Waals surface area contributed by atoms with E-state index in [1.165, 1.54) is 0 Å². The minimum absolute atomic E-state index is 0.899. The second-order valence-corrected chi connectivity index (χ2v) is 1.49. The summed E-state index contributed by atoms with van der Waals surface area (Å²) < 4.78 is 0. The van der Waals surface area contributed by atoms with E-state index in [0.29, 0.717) is 0 Å². The Bertz CT molecular complexity index is 66.5. The monoisotopic (exact) mass is 100 g/mol. The Morgan fingerprint density at radius 3 is 2.43 bits per heavy atom. The van der Waals surface area contributed by atoms with Crippen molar-refractivity contribution in [3.05, 3.63) is 0 Å². The molecule has 0 radical (unpaired) electrons. The van der Waals surface area contributed by atoms with Gasteiger partial charge in [0.1, 0.15) is 0 Å². The zero-order valence-corrected chi connectivity index (χ0v) is 5.15. The standard InChI is InChI=1S/C5H12N2/c1-5(7-3)4-6-2/h6H,4H2,1-3H3/b7-5-. The van der Waals surface area contributed by atoms with Crippen molar-refractivity contribution >= 4 is 5.71 Å². The second kappa shape index (κ2) is 3.81. The molecule has 0 amide bonds. The number of aliphatic imine (C=N–C) groups is 1. The number of nitrogens with one attached hydrogen (secondary N) is 1. The number of nitrogens with zero attached hydrogens (tertiary/aromatic N) is 1. The number of hydrogen-bond acceptors (Lipinski definition) is 2. The van der Waals surface area contributed by atoms with Gasteiger partial charge in [-0.15, -0.1) is 0 Å². The highest BCUT2D eigenvalue weighted by Gasteiger charge is 1.80. The molecule has 0 saturated carbocycles. The van der Waals surface area contributed by atoms with Crippen LogP contribution in [0.25, 0.3) is 0 Å². The highest BCUT2D eigenvalue weighted by molar-refractivity contribution is 5.83. The van der Waals surface area contributed by atoms with Gasteiger partial charge in [-0.05, 0) is 14.0 Å². The van der Waals surface area contributed by atoms with Gasteiger partial charge in [0, 0.05) is 19.3 Å². The summed E-state index contributed by atoms with van der Waals surface area (Å²) in [5.41, 5.74) is 1.14. The van der Waals surface area contributed by atoms with E-state index in [4.69, 9.17) is 0 Å². The summed E-state index contributed by atoms with van der Waals surface area (Å²) in [7, 11) is 3.71. The molecule has 0 fully saturated rings. The van der Waals surface area contributed by atoms with Crippen LogP contribution in [0.1, 0.15) is 6.92 Å². The molecule has 0 aromatic carbocycles. The van der Waals surface area contributed by atoms with Gasteiger partial charge >= 0.3 is 0 Å². The highest BCUT2D eigenvalue weighted by atomic mass is 14.8. The van der Waals surface area contributed by atoms with E-state index < -0.39 is 0 Å². The van der Waals surface area contributed by atoms with Gasteiger partial charge in [0.25, 0.3) is 0 Å². The number of rotatable bonds is 2. The van der Waals surface area contributed by atoms with Crippen molar-refractivity contribution in [2.45, 2.75) is 6.92 Å². The third kappa shape index (κ3) is 3.46. The lowest BCUT2D eigenvalue weighted by atomic mass is 10.4. The maximum atomic E-state index is 3.93. The zero-order chi connectivity index (χ0) is 5.70. The molecule has 1 N–H and O–H groups in total. The van der Waals surface area contributed by atoms with Gasteiger partial charge in [0.05, 0.1) is 0 Å². The van der Waals surface area contributed by atoms with Crippen molar-refractivity contribution in [1.29, 1.82) is 0 Å². The van der Waals surface area contributed by atoms with Gasteiger partial charge in [0.2, 0.25) is 0 Å². The maximum absolute atomic E-state index is 3.93. The second-order valence-electron chi connectivity index (χ2n) is 1.49. The summed E-state index contributed by atoms with van der Waals surface area (Å²) in [4.78, 5) is 3.93. The van der Waals surface area contributed by atoms with E-state index in [9.17, 15) is 0 Å². The molecule has 0 aliphatic rings. The summed E-state index contributed by atoms with van der Waals surface area (Å²) in [6, 6.07) is 0. The van der Waals surface area contributed by atoms with Crippen molar-refractivity contribution in [1.82, 2.24) is 5.32 Å². The molecule has 42 valence electrons. The van der Waals surface area contributed by atoms with Gasteiger partial charge in [-0.1, -0.05) is 0 Å². The van der Waals surface area contributed by atoms with Crippen molar-refractivity contribution in [3.63, 3.8) is 0 Å². The minimum Gasteiger partial charge on any atom is -0.315 e. The molecule has 0 aliphatic carbocycles.